The molecule has 0 aliphatic rings. The van der Waals surface area contributed by atoms with Crippen LogP contribution in [0.1, 0.15) is 22.0 Å². The minimum atomic E-state index is -0.958. The topological polar surface area (TPSA) is 58.7 Å². The first kappa shape index (κ1) is 12.0. The summed E-state index contributed by atoms with van der Waals surface area (Å²) >= 11 is 0. The van der Waals surface area contributed by atoms with E-state index in [9.17, 15) is 9.18 Å². The van der Waals surface area contributed by atoms with Crippen molar-refractivity contribution in [2.24, 2.45) is 7.05 Å². The van der Waals surface area contributed by atoms with Crippen molar-refractivity contribution in [1.29, 1.82) is 5.26 Å². The van der Waals surface area contributed by atoms with Gasteiger partial charge in [-0.1, -0.05) is 12.1 Å². The number of rotatable bonds is 3. The van der Waals surface area contributed by atoms with Crippen LogP contribution in [-0.2, 0) is 7.05 Å². The second kappa shape index (κ2) is 4.80. The number of halogens is 1. The van der Waals surface area contributed by atoms with Crippen molar-refractivity contribution in [3.05, 3.63) is 53.6 Å². The van der Waals surface area contributed by atoms with Gasteiger partial charge < -0.3 is 0 Å². The second-order valence-electron chi connectivity index (χ2n) is 3.85. The third-order valence-electron chi connectivity index (χ3n) is 2.56. The SMILES string of the molecule is Cn1ccc(C(=O)C(C#N)c2ccc(F)cc2)n1. The Morgan fingerprint density at radius 2 is 2.06 bits per heavy atom. The number of carbonyl (C=O) groups excluding carboxylic acids is 1. The molecule has 1 atom stereocenters. The van der Waals surface area contributed by atoms with Crippen LogP contribution in [0.4, 0.5) is 4.39 Å². The predicted octanol–water partition coefficient (Wildman–Crippen LogP) is 2.05. The van der Waals surface area contributed by atoms with E-state index in [1.807, 2.05) is 6.07 Å². The third kappa shape index (κ3) is 2.28. The molecular formula is C13H10FN3O. The fraction of sp³-hybridized carbons (Fsp3) is 0.154. The van der Waals surface area contributed by atoms with Crippen molar-refractivity contribution in [2.75, 3.05) is 0 Å². The maximum Gasteiger partial charge on any atom is 0.204 e. The molecule has 1 aromatic heterocycles. The van der Waals surface area contributed by atoms with E-state index in [-0.39, 0.29) is 11.5 Å². The highest BCUT2D eigenvalue weighted by molar-refractivity contribution is 6.01. The summed E-state index contributed by atoms with van der Waals surface area (Å²) in [5.74, 6) is -1.74. The molecule has 5 heteroatoms. The normalized spacial score (nSPS) is 11.8. The Morgan fingerprint density at radius 1 is 1.39 bits per heavy atom. The Hall–Kier alpha value is -2.48. The Bertz CT molecular complexity index is 610. The van der Waals surface area contributed by atoms with Crippen molar-refractivity contribution in [3.63, 3.8) is 0 Å². The molecule has 2 rings (SSSR count). The Labute approximate surface area is 103 Å². The average molecular weight is 243 g/mol. The van der Waals surface area contributed by atoms with Gasteiger partial charge in [-0.25, -0.2) is 4.39 Å². The number of aromatic nitrogens is 2. The molecule has 0 radical (unpaired) electrons. The molecule has 0 fully saturated rings. The molecule has 4 nitrogen and oxygen atoms in total. The molecule has 0 amide bonds. The van der Waals surface area contributed by atoms with Crippen LogP contribution in [0.3, 0.4) is 0 Å². The Morgan fingerprint density at radius 3 is 2.56 bits per heavy atom. The molecule has 1 heterocycles. The number of nitriles is 1. The van der Waals surface area contributed by atoms with E-state index in [1.165, 1.54) is 28.9 Å². The number of aryl methyl sites for hydroxylation is 1. The van der Waals surface area contributed by atoms with E-state index in [0.29, 0.717) is 5.56 Å². The Kier molecular flexibility index (Phi) is 3.20. The molecule has 0 spiro atoms. The van der Waals surface area contributed by atoms with Gasteiger partial charge in [-0.2, -0.15) is 10.4 Å². The molecule has 0 bridgehead atoms. The van der Waals surface area contributed by atoms with Gasteiger partial charge in [0.05, 0.1) is 6.07 Å². The number of hydrogen-bond acceptors (Lipinski definition) is 3. The largest absolute Gasteiger partial charge is 0.290 e. The van der Waals surface area contributed by atoms with Gasteiger partial charge in [0.2, 0.25) is 5.78 Å². The molecule has 0 N–H and O–H groups in total. The van der Waals surface area contributed by atoms with Gasteiger partial charge in [0.1, 0.15) is 17.4 Å². The first-order chi connectivity index (χ1) is 8.61. The standard InChI is InChI=1S/C13H10FN3O/c1-17-7-6-12(16-17)13(18)11(8-15)9-2-4-10(14)5-3-9/h2-7,11H,1H3. The number of hydrogen-bond donors (Lipinski definition) is 0. The predicted molar refractivity (Wildman–Crippen MR) is 62.3 cm³/mol. The number of ketones is 1. The molecule has 1 aromatic carbocycles. The van der Waals surface area contributed by atoms with Crippen LogP contribution in [-0.4, -0.2) is 15.6 Å². The zero-order valence-electron chi connectivity index (χ0n) is 9.67. The average Bonchev–Trinajstić information content (AvgIpc) is 2.79. The van der Waals surface area contributed by atoms with E-state index >= 15 is 0 Å². The first-order valence-corrected chi connectivity index (χ1v) is 5.31. The van der Waals surface area contributed by atoms with Gasteiger partial charge in [0.15, 0.2) is 0 Å². The van der Waals surface area contributed by atoms with E-state index in [4.69, 9.17) is 5.26 Å². The smallest absolute Gasteiger partial charge is 0.204 e. The molecule has 0 aliphatic carbocycles. The van der Waals surface area contributed by atoms with E-state index in [0.717, 1.165) is 0 Å². The van der Waals surface area contributed by atoms with Gasteiger partial charge in [0.25, 0.3) is 0 Å². The van der Waals surface area contributed by atoms with Crippen LogP contribution in [0.2, 0.25) is 0 Å². The summed E-state index contributed by atoms with van der Waals surface area (Å²) in [6.45, 7) is 0. The highest BCUT2D eigenvalue weighted by Crippen LogP contribution is 2.19. The quantitative estimate of drug-likeness (QED) is 0.775. The third-order valence-corrected chi connectivity index (χ3v) is 2.56. The fourth-order valence-corrected chi connectivity index (χ4v) is 1.63. The van der Waals surface area contributed by atoms with Crippen LogP contribution < -0.4 is 0 Å². The van der Waals surface area contributed by atoms with Crippen molar-refractivity contribution in [3.8, 4) is 6.07 Å². The minimum absolute atomic E-state index is 0.230. The van der Waals surface area contributed by atoms with Crippen molar-refractivity contribution < 1.29 is 9.18 Å². The molecule has 0 aliphatic heterocycles. The second-order valence-corrected chi connectivity index (χ2v) is 3.85. The van der Waals surface area contributed by atoms with Crippen molar-refractivity contribution in [1.82, 2.24) is 9.78 Å². The lowest BCUT2D eigenvalue weighted by Gasteiger charge is -2.06. The summed E-state index contributed by atoms with van der Waals surface area (Å²) in [5, 5.41) is 13.1. The summed E-state index contributed by atoms with van der Waals surface area (Å²) in [7, 11) is 1.69. The highest BCUT2D eigenvalue weighted by atomic mass is 19.1. The maximum atomic E-state index is 12.8. The molecule has 0 saturated carbocycles. The number of carbonyl (C=O) groups is 1. The van der Waals surface area contributed by atoms with Crippen LogP contribution in [0, 0.1) is 17.1 Å². The maximum absolute atomic E-state index is 12.8. The number of benzene rings is 1. The van der Waals surface area contributed by atoms with Crippen LogP contribution in [0.15, 0.2) is 36.5 Å². The zero-order valence-corrected chi connectivity index (χ0v) is 9.67. The number of nitrogens with zero attached hydrogens (tertiary/aromatic N) is 3. The summed E-state index contributed by atoms with van der Waals surface area (Å²) in [4.78, 5) is 12.1. The zero-order chi connectivity index (χ0) is 13.1. The number of Topliss-reactive ketones (excluding diaryl/α,β-unsaturated/α-hetero) is 1. The summed E-state index contributed by atoms with van der Waals surface area (Å²) in [5.41, 5.74) is 0.697. The lowest BCUT2D eigenvalue weighted by atomic mass is 9.94. The van der Waals surface area contributed by atoms with Gasteiger partial charge in [-0.15, -0.1) is 0 Å². The summed E-state index contributed by atoms with van der Waals surface area (Å²) < 4.78 is 14.3. The lowest BCUT2D eigenvalue weighted by molar-refractivity contribution is 0.0973. The van der Waals surface area contributed by atoms with E-state index in [2.05, 4.69) is 5.10 Å². The van der Waals surface area contributed by atoms with Gasteiger partial charge in [-0.05, 0) is 23.8 Å². The van der Waals surface area contributed by atoms with Gasteiger partial charge in [-0.3, -0.25) is 9.48 Å². The summed E-state index contributed by atoms with van der Waals surface area (Å²) in [6, 6.07) is 8.80. The monoisotopic (exact) mass is 243 g/mol. The Balaban J connectivity index is 2.32. The van der Waals surface area contributed by atoms with Gasteiger partial charge >= 0.3 is 0 Å². The van der Waals surface area contributed by atoms with E-state index < -0.39 is 11.7 Å². The first-order valence-electron chi connectivity index (χ1n) is 5.31. The lowest BCUT2D eigenvalue weighted by Crippen LogP contribution is -2.12. The molecular weight excluding hydrogens is 233 g/mol. The van der Waals surface area contributed by atoms with Crippen LogP contribution in [0.5, 0.6) is 0 Å². The fourth-order valence-electron chi connectivity index (χ4n) is 1.63. The van der Waals surface area contributed by atoms with Gasteiger partial charge in [0, 0.05) is 13.2 Å². The van der Waals surface area contributed by atoms with Crippen LogP contribution in [0.25, 0.3) is 0 Å². The molecule has 2 aromatic rings. The summed E-state index contributed by atoms with van der Waals surface area (Å²) in [6.07, 6.45) is 1.63. The highest BCUT2D eigenvalue weighted by Gasteiger charge is 2.23. The van der Waals surface area contributed by atoms with E-state index in [1.54, 1.807) is 19.3 Å². The minimum Gasteiger partial charge on any atom is -0.290 e. The van der Waals surface area contributed by atoms with Crippen molar-refractivity contribution >= 4 is 5.78 Å². The molecule has 18 heavy (non-hydrogen) atoms. The van der Waals surface area contributed by atoms with Crippen LogP contribution >= 0.6 is 0 Å². The molecule has 90 valence electrons. The molecule has 0 saturated heterocycles. The molecule has 1 unspecified atom stereocenters. The van der Waals surface area contributed by atoms with Crippen molar-refractivity contribution in [2.45, 2.75) is 5.92 Å².